The summed E-state index contributed by atoms with van der Waals surface area (Å²) in [5.74, 6) is -0.874. The number of aromatic nitrogens is 1. The number of nitrogens with zero attached hydrogens (tertiary/aromatic N) is 2. The summed E-state index contributed by atoms with van der Waals surface area (Å²) < 4.78 is 6.48. The highest BCUT2D eigenvalue weighted by Crippen LogP contribution is 2.25. The number of rotatable bonds is 7. The largest absolute Gasteiger partial charge is 0.481 e. The van der Waals surface area contributed by atoms with Gasteiger partial charge in [0.25, 0.3) is 0 Å². The van der Waals surface area contributed by atoms with E-state index in [2.05, 4.69) is 4.98 Å². The number of ether oxygens (including phenoxy) is 1. The number of likely N-dealkylation sites (tertiary alicyclic amines) is 1. The molecule has 1 amide bonds. The smallest absolute Gasteiger partial charge is 0.305 e. The van der Waals surface area contributed by atoms with Crippen LogP contribution >= 0.6 is 11.3 Å². The monoisotopic (exact) mass is 362 g/mol. The second kappa shape index (κ2) is 7.93. The van der Waals surface area contributed by atoms with E-state index in [-0.39, 0.29) is 24.5 Å². The van der Waals surface area contributed by atoms with Gasteiger partial charge in [0.1, 0.15) is 0 Å². The third-order valence-electron chi connectivity index (χ3n) is 4.56. The van der Waals surface area contributed by atoms with E-state index in [0.717, 1.165) is 21.6 Å². The van der Waals surface area contributed by atoms with Gasteiger partial charge in [-0.1, -0.05) is 12.1 Å². The number of carbonyl (C=O) groups excluding carboxylic acids is 1. The molecule has 1 fully saturated rings. The second-order valence-corrected chi connectivity index (χ2v) is 7.44. The van der Waals surface area contributed by atoms with E-state index < -0.39 is 5.97 Å². The van der Waals surface area contributed by atoms with Crippen molar-refractivity contribution in [3.63, 3.8) is 0 Å². The lowest BCUT2D eigenvalue weighted by molar-refractivity contribution is -0.139. The maximum atomic E-state index is 12.5. The highest BCUT2D eigenvalue weighted by Gasteiger charge is 2.36. The number of carboxylic acids is 1. The number of aliphatic carboxylic acids is 1. The van der Waals surface area contributed by atoms with Gasteiger partial charge in [0.15, 0.2) is 0 Å². The molecule has 2 aromatic rings. The molecule has 1 N–H and O–H groups in total. The quantitative estimate of drug-likeness (QED) is 0.819. The van der Waals surface area contributed by atoms with Crippen LogP contribution in [0.3, 0.4) is 0 Å². The third-order valence-corrected chi connectivity index (χ3v) is 5.66. The van der Waals surface area contributed by atoms with Crippen molar-refractivity contribution in [2.75, 3.05) is 13.7 Å². The average molecular weight is 362 g/mol. The molecule has 0 radical (unpaired) electrons. The van der Waals surface area contributed by atoms with Crippen molar-refractivity contribution in [1.29, 1.82) is 0 Å². The van der Waals surface area contributed by atoms with Crippen LogP contribution in [0, 0.1) is 0 Å². The number of para-hydroxylation sites is 1. The maximum absolute atomic E-state index is 12.5. The lowest BCUT2D eigenvalue weighted by atomic mass is 10.1. The summed E-state index contributed by atoms with van der Waals surface area (Å²) >= 11 is 1.66. The van der Waals surface area contributed by atoms with E-state index in [4.69, 9.17) is 9.84 Å². The maximum Gasteiger partial charge on any atom is 0.305 e. The third kappa shape index (κ3) is 4.35. The number of aryl methyl sites for hydroxylation is 1. The number of benzene rings is 1. The van der Waals surface area contributed by atoms with E-state index in [1.165, 1.54) is 0 Å². The first-order valence-electron chi connectivity index (χ1n) is 8.45. The highest BCUT2D eigenvalue weighted by atomic mass is 32.1. The van der Waals surface area contributed by atoms with Crippen molar-refractivity contribution in [1.82, 2.24) is 9.88 Å². The van der Waals surface area contributed by atoms with Crippen LogP contribution in [0.1, 0.15) is 30.7 Å². The fraction of sp³-hybridized carbons (Fsp3) is 0.500. The lowest BCUT2D eigenvalue weighted by Gasteiger charge is -2.23. The van der Waals surface area contributed by atoms with Gasteiger partial charge >= 0.3 is 5.97 Å². The Morgan fingerprint density at radius 2 is 2.20 bits per heavy atom. The van der Waals surface area contributed by atoms with Crippen molar-refractivity contribution in [3.8, 4) is 0 Å². The summed E-state index contributed by atoms with van der Waals surface area (Å²) in [5.41, 5.74) is 0.998. The molecule has 134 valence electrons. The zero-order chi connectivity index (χ0) is 17.8. The Hall–Kier alpha value is -1.99. The normalized spacial score (nSPS) is 20.3. The number of methoxy groups -OCH3 is 1. The molecule has 2 atom stereocenters. The Balaban J connectivity index is 1.54. The number of hydrogen-bond acceptors (Lipinski definition) is 5. The Morgan fingerprint density at radius 3 is 2.92 bits per heavy atom. The molecule has 1 aromatic heterocycles. The van der Waals surface area contributed by atoms with E-state index in [9.17, 15) is 9.59 Å². The fourth-order valence-electron chi connectivity index (χ4n) is 3.31. The minimum absolute atomic E-state index is 0.00640. The van der Waals surface area contributed by atoms with Crippen molar-refractivity contribution in [2.24, 2.45) is 0 Å². The van der Waals surface area contributed by atoms with Crippen molar-refractivity contribution in [2.45, 2.75) is 44.2 Å². The number of thiazole rings is 1. The summed E-state index contributed by atoms with van der Waals surface area (Å²) in [7, 11) is 1.60. The van der Waals surface area contributed by atoms with Crippen molar-refractivity contribution < 1.29 is 19.4 Å². The first-order chi connectivity index (χ1) is 12.1. The molecule has 2 heterocycles. The summed E-state index contributed by atoms with van der Waals surface area (Å²) in [4.78, 5) is 29.8. The topological polar surface area (TPSA) is 79.7 Å². The first kappa shape index (κ1) is 17.8. The minimum atomic E-state index is -0.881. The number of fused-ring (bicyclic) bond motifs is 1. The van der Waals surface area contributed by atoms with E-state index in [0.29, 0.717) is 25.8 Å². The molecule has 25 heavy (non-hydrogen) atoms. The molecular formula is C18H22N2O4S. The summed E-state index contributed by atoms with van der Waals surface area (Å²) in [6, 6.07) is 7.74. The molecule has 1 aromatic carbocycles. The summed E-state index contributed by atoms with van der Waals surface area (Å²) in [6.07, 6.45) is 2.37. The van der Waals surface area contributed by atoms with Crippen LogP contribution in [-0.4, -0.2) is 52.7 Å². The van der Waals surface area contributed by atoms with Gasteiger partial charge in [-0.05, 0) is 31.4 Å². The van der Waals surface area contributed by atoms with Crippen LogP contribution in [0.5, 0.6) is 0 Å². The molecule has 1 aliphatic rings. The zero-order valence-electron chi connectivity index (χ0n) is 14.2. The molecule has 6 nitrogen and oxygen atoms in total. The van der Waals surface area contributed by atoms with E-state index in [1.54, 1.807) is 23.3 Å². The molecule has 0 aliphatic carbocycles. The minimum Gasteiger partial charge on any atom is -0.481 e. The Morgan fingerprint density at radius 1 is 1.40 bits per heavy atom. The molecule has 7 heteroatoms. The van der Waals surface area contributed by atoms with Gasteiger partial charge in [-0.3, -0.25) is 9.59 Å². The summed E-state index contributed by atoms with van der Waals surface area (Å²) in [6.45, 7) is 0.481. The zero-order valence-corrected chi connectivity index (χ0v) is 15.0. The van der Waals surface area contributed by atoms with Gasteiger partial charge in [0.2, 0.25) is 5.91 Å². The fourth-order valence-corrected chi connectivity index (χ4v) is 4.32. The van der Waals surface area contributed by atoms with Gasteiger partial charge in [0.05, 0.1) is 27.7 Å². The molecule has 0 saturated carbocycles. The molecule has 2 unspecified atom stereocenters. The molecular weight excluding hydrogens is 340 g/mol. The SMILES string of the molecule is COC1CC(CC(=O)O)N(C(=O)CCCc2nc3ccccc3s2)C1. The van der Waals surface area contributed by atoms with Crippen LogP contribution < -0.4 is 0 Å². The number of amides is 1. The highest BCUT2D eigenvalue weighted by molar-refractivity contribution is 7.18. The predicted molar refractivity (Wildman–Crippen MR) is 95.7 cm³/mol. The Bertz CT molecular complexity index is 727. The van der Waals surface area contributed by atoms with Gasteiger partial charge in [-0.15, -0.1) is 11.3 Å². The Labute approximate surface area is 150 Å². The molecule has 3 rings (SSSR count). The number of carbonyl (C=O) groups is 2. The summed E-state index contributed by atoms with van der Waals surface area (Å²) in [5, 5.41) is 10.1. The molecule has 0 spiro atoms. The van der Waals surface area contributed by atoms with Gasteiger partial charge in [-0.2, -0.15) is 0 Å². The van der Waals surface area contributed by atoms with Crippen LogP contribution in [0.4, 0.5) is 0 Å². The standard InChI is InChI=1S/C18H22N2O4S/c1-24-13-9-12(10-18(22)23)20(11-13)17(21)8-4-7-16-19-14-5-2-3-6-15(14)25-16/h2-3,5-6,12-13H,4,7-11H2,1H3,(H,22,23). The van der Waals surface area contributed by atoms with Crippen molar-refractivity contribution >= 4 is 33.4 Å². The number of carboxylic acid groups (broad SMARTS) is 1. The van der Waals surface area contributed by atoms with Crippen LogP contribution in [-0.2, 0) is 20.7 Å². The van der Waals surface area contributed by atoms with Crippen LogP contribution in [0.15, 0.2) is 24.3 Å². The van der Waals surface area contributed by atoms with E-state index >= 15 is 0 Å². The van der Waals surface area contributed by atoms with Gasteiger partial charge in [-0.25, -0.2) is 4.98 Å². The second-order valence-electron chi connectivity index (χ2n) is 6.32. The Kier molecular flexibility index (Phi) is 5.65. The molecule has 0 bridgehead atoms. The predicted octanol–water partition coefficient (Wildman–Crippen LogP) is 2.71. The lowest BCUT2D eigenvalue weighted by Crippen LogP contribution is -2.37. The van der Waals surface area contributed by atoms with E-state index in [1.807, 2.05) is 24.3 Å². The average Bonchev–Trinajstić information content (AvgIpc) is 3.17. The number of hydrogen-bond donors (Lipinski definition) is 1. The first-order valence-corrected chi connectivity index (χ1v) is 9.27. The molecule has 1 aliphatic heterocycles. The van der Waals surface area contributed by atoms with Crippen LogP contribution in [0.2, 0.25) is 0 Å². The molecule has 1 saturated heterocycles. The van der Waals surface area contributed by atoms with Gasteiger partial charge < -0.3 is 14.7 Å². The van der Waals surface area contributed by atoms with Crippen molar-refractivity contribution in [3.05, 3.63) is 29.3 Å². The van der Waals surface area contributed by atoms with Gasteiger partial charge in [0, 0.05) is 26.1 Å². The van der Waals surface area contributed by atoms with Crippen LogP contribution in [0.25, 0.3) is 10.2 Å².